The predicted molar refractivity (Wildman–Crippen MR) is 68.4 cm³/mol. The molecular formula is C12H12N4S. The van der Waals surface area contributed by atoms with Crippen LogP contribution in [-0.2, 0) is 6.42 Å². The molecule has 1 aromatic heterocycles. The van der Waals surface area contributed by atoms with Gasteiger partial charge in [0.05, 0.1) is 11.1 Å². The minimum absolute atomic E-state index is 0.190. The lowest BCUT2D eigenvalue weighted by molar-refractivity contribution is 1.03. The molecule has 1 aromatic rings. The van der Waals surface area contributed by atoms with E-state index in [2.05, 4.69) is 17.6 Å². The summed E-state index contributed by atoms with van der Waals surface area (Å²) < 4.78 is 0. The van der Waals surface area contributed by atoms with Crippen LogP contribution in [0.1, 0.15) is 23.6 Å². The average molecular weight is 244 g/mol. The summed E-state index contributed by atoms with van der Waals surface area (Å²) in [6, 6.07) is 4.11. The van der Waals surface area contributed by atoms with E-state index < -0.39 is 0 Å². The van der Waals surface area contributed by atoms with Gasteiger partial charge in [0.2, 0.25) is 0 Å². The maximum absolute atomic E-state index is 9.16. The number of nitrogens with zero attached hydrogens (tertiary/aromatic N) is 3. The van der Waals surface area contributed by atoms with Gasteiger partial charge in [-0.25, -0.2) is 4.98 Å². The van der Waals surface area contributed by atoms with Crippen molar-refractivity contribution >= 4 is 17.6 Å². The zero-order chi connectivity index (χ0) is 12.8. The van der Waals surface area contributed by atoms with Crippen LogP contribution >= 0.6 is 11.8 Å². The van der Waals surface area contributed by atoms with Gasteiger partial charge in [0.1, 0.15) is 23.0 Å². The average Bonchev–Trinajstić information content (AvgIpc) is 2.35. The molecule has 1 heterocycles. The van der Waals surface area contributed by atoms with Gasteiger partial charge in [0.15, 0.2) is 0 Å². The fourth-order valence-electron chi connectivity index (χ4n) is 1.47. The molecule has 0 atom stereocenters. The molecule has 5 heteroatoms. The van der Waals surface area contributed by atoms with Gasteiger partial charge in [-0.15, -0.1) is 18.3 Å². The fourth-order valence-corrected chi connectivity index (χ4v) is 2.22. The number of hydrogen-bond donors (Lipinski definition) is 1. The van der Waals surface area contributed by atoms with Crippen molar-refractivity contribution in [3.05, 3.63) is 29.3 Å². The highest BCUT2D eigenvalue weighted by Gasteiger charge is 2.16. The van der Waals surface area contributed by atoms with Gasteiger partial charge in [0.25, 0.3) is 0 Å². The maximum atomic E-state index is 9.16. The molecule has 0 saturated heterocycles. The first kappa shape index (κ1) is 13.1. The Morgan fingerprint density at radius 3 is 2.53 bits per heavy atom. The van der Waals surface area contributed by atoms with Crippen LogP contribution < -0.4 is 5.73 Å². The summed E-state index contributed by atoms with van der Waals surface area (Å²) in [5, 5.41) is 18.7. The molecule has 0 amide bonds. The van der Waals surface area contributed by atoms with Crippen LogP contribution in [0, 0.1) is 22.7 Å². The van der Waals surface area contributed by atoms with E-state index in [1.807, 2.05) is 13.0 Å². The number of nitrogens with two attached hydrogens (primary N) is 1. The van der Waals surface area contributed by atoms with Gasteiger partial charge in [-0.05, 0) is 12.0 Å². The van der Waals surface area contributed by atoms with Gasteiger partial charge in [-0.3, -0.25) is 0 Å². The monoisotopic (exact) mass is 244 g/mol. The summed E-state index contributed by atoms with van der Waals surface area (Å²) in [7, 11) is 0. The van der Waals surface area contributed by atoms with E-state index in [-0.39, 0.29) is 5.82 Å². The van der Waals surface area contributed by atoms with E-state index in [0.717, 1.165) is 0 Å². The highest BCUT2D eigenvalue weighted by atomic mass is 32.2. The Labute approximate surface area is 105 Å². The molecule has 4 nitrogen and oxygen atoms in total. The van der Waals surface area contributed by atoms with E-state index in [4.69, 9.17) is 16.3 Å². The first-order valence-corrected chi connectivity index (χ1v) is 6.04. The van der Waals surface area contributed by atoms with Crippen molar-refractivity contribution in [2.75, 3.05) is 11.5 Å². The number of aromatic nitrogens is 1. The second-order valence-electron chi connectivity index (χ2n) is 3.21. The van der Waals surface area contributed by atoms with Crippen molar-refractivity contribution < 1.29 is 0 Å². The van der Waals surface area contributed by atoms with E-state index in [0.29, 0.717) is 33.9 Å². The van der Waals surface area contributed by atoms with E-state index in [1.165, 1.54) is 11.8 Å². The van der Waals surface area contributed by atoms with Crippen LogP contribution in [0.4, 0.5) is 5.82 Å². The predicted octanol–water partition coefficient (Wildman–Crippen LogP) is 2.25. The van der Waals surface area contributed by atoms with Crippen molar-refractivity contribution in [3.63, 3.8) is 0 Å². The van der Waals surface area contributed by atoms with Crippen LogP contribution in [0.3, 0.4) is 0 Å². The highest BCUT2D eigenvalue weighted by molar-refractivity contribution is 7.99. The molecule has 86 valence electrons. The third-order valence-corrected chi connectivity index (χ3v) is 3.18. The lowest BCUT2D eigenvalue weighted by Crippen LogP contribution is -2.05. The first-order valence-electron chi connectivity index (χ1n) is 5.05. The Kier molecular flexibility index (Phi) is 4.56. The molecule has 0 saturated carbocycles. The summed E-state index contributed by atoms with van der Waals surface area (Å²) in [5.74, 6) is 0.839. The Morgan fingerprint density at radius 2 is 2.06 bits per heavy atom. The van der Waals surface area contributed by atoms with Crippen molar-refractivity contribution in [3.8, 4) is 12.1 Å². The standard InChI is InChI=1S/C12H12N4S/c1-3-5-17-12-10(7-14)8(4-2)9(6-13)11(15)16-12/h3H,1,4-5H2,2H3,(H2,15,16). The lowest BCUT2D eigenvalue weighted by atomic mass is 10.0. The van der Waals surface area contributed by atoms with Gasteiger partial charge < -0.3 is 5.73 Å². The minimum atomic E-state index is 0.190. The van der Waals surface area contributed by atoms with Crippen molar-refractivity contribution in [2.24, 2.45) is 0 Å². The topological polar surface area (TPSA) is 86.5 Å². The number of nitriles is 2. The van der Waals surface area contributed by atoms with Crippen LogP contribution in [-0.4, -0.2) is 10.7 Å². The van der Waals surface area contributed by atoms with Crippen LogP contribution in [0.25, 0.3) is 0 Å². The largest absolute Gasteiger partial charge is 0.383 e. The number of hydrogen-bond acceptors (Lipinski definition) is 5. The number of anilines is 1. The molecule has 1 rings (SSSR count). The molecule has 0 unspecified atom stereocenters. The zero-order valence-electron chi connectivity index (χ0n) is 9.53. The molecular weight excluding hydrogens is 232 g/mol. The van der Waals surface area contributed by atoms with E-state index >= 15 is 0 Å². The van der Waals surface area contributed by atoms with E-state index in [1.54, 1.807) is 6.08 Å². The van der Waals surface area contributed by atoms with Gasteiger partial charge in [-0.2, -0.15) is 10.5 Å². The molecule has 0 aromatic carbocycles. The van der Waals surface area contributed by atoms with Crippen LogP contribution in [0.5, 0.6) is 0 Å². The van der Waals surface area contributed by atoms with Crippen molar-refractivity contribution in [1.29, 1.82) is 10.5 Å². The summed E-state index contributed by atoms with van der Waals surface area (Å²) in [6.45, 7) is 5.50. The quantitative estimate of drug-likeness (QED) is 0.648. The SMILES string of the molecule is C=CCSc1nc(N)c(C#N)c(CC)c1C#N. The number of rotatable bonds is 4. The normalized spacial score (nSPS) is 9.35. The molecule has 0 aliphatic carbocycles. The lowest BCUT2D eigenvalue weighted by Gasteiger charge is -2.10. The number of nitrogen functional groups attached to an aromatic ring is 1. The van der Waals surface area contributed by atoms with Gasteiger partial charge in [-0.1, -0.05) is 13.0 Å². The third-order valence-electron chi connectivity index (χ3n) is 2.21. The third kappa shape index (κ3) is 2.58. The number of pyridine rings is 1. The Bertz CT molecular complexity index is 523. The summed E-state index contributed by atoms with van der Waals surface area (Å²) in [6.07, 6.45) is 2.31. The molecule has 0 radical (unpaired) electrons. The number of thioether (sulfide) groups is 1. The zero-order valence-corrected chi connectivity index (χ0v) is 10.3. The summed E-state index contributed by atoms with van der Waals surface area (Å²) >= 11 is 1.39. The minimum Gasteiger partial charge on any atom is -0.383 e. The molecule has 0 spiro atoms. The highest BCUT2D eigenvalue weighted by Crippen LogP contribution is 2.28. The summed E-state index contributed by atoms with van der Waals surface area (Å²) in [4.78, 5) is 4.11. The second kappa shape index (κ2) is 5.93. The van der Waals surface area contributed by atoms with Gasteiger partial charge >= 0.3 is 0 Å². The maximum Gasteiger partial charge on any atom is 0.143 e. The Balaban J connectivity index is 3.44. The fraction of sp³-hybridized carbons (Fsp3) is 0.250. The Morgan fingerprint density at radius 1 is 1.41 bits per heavy atom. The molecule has 2 N–H and O–H groups in total. The van der Waals surface area contributed by atoms with Gasteiger partial charge in [0, 0.05) is 5.75 Å². The second-order valence-corrected chi connectivity index (χ2v) is 4.22. The molecule has 0 aliphatic heterocycles. The van der Waals surface area contributed by atoms with Crippen molar-refractivity contribution in [1.82, 2.24) is 4.98 Å². The smallest absolute Gasteiger partial charge is 0.143 e. The molecule has 0 bridgehead atoms. The molecule has 0 fully saturated rings. The van der Waals surface area contributed by atoms with Crippen LogP contribution in [0.2, 0.25) is 0 Å². The van der Waals surface area contributed by atoms with Crippen molar-refractivity contribution in [2.45, 2.75) is 18.4 Å². The van der Waals surface area contributed by atoms with Crippen LogP contribution in [0.15, 0.2) is 17.7 Å². The Hall–Kier alpha value is -1.98. The molecule has 17 heavy (non-hydrogen) atoms. The summed E-state index contributed by atoms with van der Waals surface area (Å²) in [5.41, 5.74) is 7.16. The first-order chi connectivity index (χ1) is 8.19. The molecule has 0 aliphatic rings. The van der Waals surface area contributed by atoms with E-state index in [9.17, 15) is 0 Å².